The van der Waals surface area contributed by atoms with Crippen LogP contribution < -0.4 is 10.6 Å². The Morgan fingerprint density at radius 2 is 1.73 bits per heavy atom. The third-order valence-corrected chi connectivity index (χ3v) is 9.44. The van der Waals surface area contributed by atoms with Gasteiger partial charge in [-0.15, -0.1) is 0 Å². The van der Waals surface area contributed by atoms with Crippen LogP contribution in [-0.4, -0.2) is 102 Å². The van der Waals surface area contributed by atoms with Crippen LogP contribution in [0.15, 0.2) is 6.07 Å². The Morgan fingerprint density at radius 3 is 2.30 bits per heavy atom. The number of ketones is 4. The molecule has 4 N–H and O–H groups in total. The number of primary amides is 1. The standard InChI is InChI=1S/C29H38N4O7/c1-31(2)18-12-15(13-33-8-6-5-7-9-33)23(34)20-16(18)10-14-11-17-22(32(3)4)25(36)21(28(30)39)27(38)29(17,40)26(37)19(14)24(20)35/h12,14,17,19,21-22,34,40H,5-11,13H2,1-4H3,(H2,30,39)/t14-,17-,19?,21?,22?,29-/m1/s1. The van der Waals surface area contributed by atoms with Crippen molar-refractivity contribution >= 4 is 34.7 Å². The number of amides is 1. The minimum Gasteiger partial charge on any atom is -0.507 e. The van der Waals surface area contributed by atoms with Gasteiger partial charge in [-0.1, -0.05) is 6.42 Å². The fraction of sp³-hybridized carbons (Fsp3) is 0.621. The van der Waals surface area contributed by atoms with Crippen LogP contribution in [0.4, 0.5) is 5.69 Å². The van der Waals surface area contributed by atoms with Crippen LogP contribution in [0.25, 0.3) is 0 Å². The maximum absolute atomic E-state index is 14.1. The number of phenolic OH excluding ortho intramolecular Hbond substituents is 1. The van der Waals surface area contributed by atoms with E-state index in [2.05, 4.69) is 4.90 Å². The molecule has 1 amide bonds. The van der Waals surface area contributed by atoms with Crippen molar-refractivity contribution in [2.75, 3.05) is 46.2 Å². The fourth-order valence-electron chi connectivity index (χ4n) is 7.58. The first-order chi connectivity index (χ1) is 18.8. The van der Waals surface area contributed by atoms with Crippen molar-refractivity contribution in [3.63, 3.8) is 0 Å². The summed E-state index contributed by atoms with van der Waals surface area (Å²) < 4.78 is 0. The summed E-state index contributed by atoms with van der Waals surface area (Å²) in [6.07, 6.45) is 3.54. The molecule has 0 spiro atoms. The number of Topliss-reactive ketones (excluding diaryl/α,β-unsaturated/α-hetero) is 4. The second-order valence-corrected chi connectivity index (χ2v) is 12.3. The third-order valence-electron chi connectivity index (χ3n) is 9.44. The smallest absolute Gasteiger partial charge is 0.235 e. The van der Waals surface area contributed by atoms with Gasteiger partial charge in [-0.05, 0) is 70.4 Å². The number of carbonyl (C=O) groups is 5. The molecule has 216 valence electrons. The zero-order valence-electron chi connectivity index (χ0n) is 23.5. The highest BCUT2D eigenvalue weighted by Crippen LogP contribution is 2.52. The number of benzene rings is 1. The average Bonchev–Trinajstić information content (AvgIpc) is 2.87. The number of fused-ring (bicyclic) bond motifs is 3. The molecule has 0 bridgehead atoms. The predicted octanol–water partition coefficient (Wildman–Crippen LogP) is -0.0811. The van der Waals surface area contributed by atoms with Gasteiger partial charge in [-0.25, -0.2) is 0 Å². The fourth-order valence-corrected chi connectivity index (χ4v) is 7.58. The Balaban J connectivity index is 1.61. The summed E-state index contributed by atoms with van der Waals surface area (Å²) in [7, 11) is 6.84. The molecule has 1 saturated heterocycles. The Labute approximate surface area is 233 Å². The molecule has 3 aliphatic carbocycles. The van der Waals surface area contributed by atoms with Crippen LogP contribution in [0.5, 0.6) is 5.75 Å². The minimum atomic E-state index is -2.72. The molecule has 2 saturated carbocycles. The number of hydrogen-bond donors (Lipinski definition) is 3. The highest BCUT2D eigenvalue weighted by molar-refractivity contribution is 6.32. The van der Waals surface area contributed by atoms with E-state index in [0.717, 1.165) is 38.0 Å². The van der Waals surface area contributed by atoms with Crippen molar-refractivity contribution in [3.05, 3.63) is 22.8 Å². The minimum absolute atomic E-state index is 0.0348. The maximum Gasteiger partial charge on any atom is 0.235 e. The van der Waals surface area contributed by atoms with Gasteiger partial charge >= 0.3 is 0 Å². The van der Waals surface area contributed by atoms with Gasteiger partial charge in [-0.2, -0.15) is 0 Å². The van der Waals surface area contributed by atoms with E-state index < -0.39 is 64.4 Å². The van der Waals surface area contributed by atoms with E-state index in [-0.39, 0.29) is 24.2 Å². The van der Waals surface area contributed by atoms with Crippen LogP contribution in [0.1, 0.15) is 47.2 Å². The van der Waals surface area contributed by atoms with Crippen LogP contribution in [0.3, 0.4) is 0 Å². The largest absolute Gasteiger partial charge is 0.507 e. The van der Waals surface area contributed by atoms with Crippen LogP contribution in [0, 0.1) is 23.7 Å². The molecule has 1 heterocycles. The van der Waals surface area contributed by atoms with E-state index in [1.54, 1.807) is 14.1 Å². The van der Waals surface area contributed by atoms with Gasteiger partial charge in [0.2, 0.25) is 5.91 Å². The lowest BCUT2D eigenvalue weighted by atomic mass is 9.52. The number of piperidine rings is 1. The predicted molar refractivity (Wildman–Crippen MR) is 145 cm³/mol. The SMILES string of the molecule is CN(C)c1cc(CN2CCCCC2)c(O)c2c1C[C@@H]1C[C@@H]3C(N(C)C)C(=O)C(C(N)=O)C(=O)[C@]3(O)C(=O)C1C2=O. The molecule has 3 unspecified atom stereocenters. The second-order valence-electron chi connectivity index (χ2n) is 12.3. The first-order valence-corrected chi connectivity index (χ1v) is 13.9. The van der Waals surface area contributed by atoms with Crippen LogP contribution in [-0.2, 0) is 32.1 Å². The number of rotatable bonds is 5. The van der Waals surface area contributed by atoms with Crippen molar-refractivity contribution in [1.29, 1.82) is 0 Å². The molecule has 5 rings (SSSR count). The summed E-state index contributed by atoms with van der Waals surface area (Å²) >= 11 is 0. The third kappa shape index (κ3) is 4.09. The van der Waals surface area contributed by atoms with Gasteiger partial charge in [-0.3, -0.25) is 33.8 Å². The van der Waals surface area contributed by atoms with Crippen molar-refractivity contribution in [2.24, 2.45) is 29.4 Å². The number of carbonyl (C=O) groups excluding carboxylic acids is 5. The van der Waals surface area contributed by atoms with Crippen LogP contribution >= 0.6 is 0 Å². The Hall–Kier alpha value is -3.15. The first-order valence-electron chi connectivity index (χ1n) is 13.9. The highest BCUT2D eigenvalue weighted by Gasteiger charge is 2.69. The van der Waals surface area contributed by atoms with Crippen LogP contribution in [0.2, 0.25) is 0 Å². The molecule has 1 aromatic rings. The number of nitrogens with two attached hydrogens (primary N) is 1. The molecule has 40 heavy (non-hydrogen) atoms. The zero-order valence-corrected chi connectivity index (χ0v) is 23.5. The molecular formula is C29H38N4O7. The summed E-state index contributed by atoms with van der Waals surface area (Å²) in [4.78, 5) is 72.6. The molecule has 1 aromatic carbocycles. The number of hydrogen-bond acceptors (Lipinski definition) is 10. The molecule has 11 nitrogen and oxygen atoms in total. The molecule has 3 fully saturated rings. The Bertz CT molecular complexity index is 1300. The summed E-state index contributed by atoms with van der Waals surface area (Å²) in [5.41, 5.74) is 4.66. The number of phenols is 1. The van der Waals surface area contributed by atoms with Gasteiger partial charge < -0.3 is 20.8 Å². The Kier molecular flexibility index (Phi) is 7.12. The number of likely N-dealkylation sites (tertiary alicyclic amines) is 1. The molecule has 6 atom stereocenters. The topological polar surface area (TPSA) is 162 Å². The summed E-state index contributed by atoms with van der Waals surface area (Å²) in [5.74, 6) is -10.2. The molecular weight excluding hydrogens is 516 g/mol. The molecule has 0 aromatic heterocycles. The monoisotopic (exact) mass is 554 g/mol. The molecule has 11 heteroatoms. The van der Waals surface area contributed by atoms with Gasteiger partial charge in [0.1, 0.15) is 5.75 Å². The molecule has 1 aliphatic heterocycles. The second kappa shape index (κ2) is 10.0. The zero-order chi connectivity index (χ0) is 29.3. The first kappa shape index (κ1) is 28.4. The van der Waals surface area contributed by atoms with Gasteiger partial charge in [0.25, 0.3) is 0 Å². The summed E-state index contributed by atoms with van der Waals surface area (Å²) in [5, 5.41) is 23.2. The van der Waals surface area contributed by atoms with E-state index in [1.165, 1.54) is 4.90 Å². The average molecular weight is 555 g/mol. The van der Waals surface area contributed by atoms with E-state index in [9.17, 15) is 34.2 Å². The number of nitrogens with zero attached hydrogens (tertiary/aromatic N) is 3. The van der Waals surface area contributed by atoms with Crippen molar-refractivity contribution < 1.29 is 34.2 Å². The lowest BCUT2D eigenvalue weighted by molar-refractivity contribution is -0.181. The van der Waals surface area contributed by atoms with Gasteiger partial charge in [0, 0.05) is 37.8 Å². The lowest BCUT2D eigenvalue weighted by Crippen LogP contribution is -2.74. The summed E-state index contributed by atoms with van der Waals surface area (Å²) in [6, 6.07) is 0.778. The van der Waals surface area contributed by atoms with Crippen molar-refractivity contribution in [2.45, 2.75) is 50.3 Å². The van der Waals surface area contributed by atoms with Crippen molar-refractivity contribution in [3.8, 4) is 5.75 Å². The van der Waals surface area contributed by atoms with E-state index in [4.69, 9.17) is 5.73 Å². The summed E-state index contributed by atoms with van der Waals surface area (Å²) in [6.45, 7) is 2.22. The van der Waals surface area contributed by atoms with Crippen molar-refractivity contribution in [1.82, 2.24) is 9.80 Å². The number of aliphatic hydroxyl groups is 1. The number of aromatic hydroxyl groups is 1. The van der Waals surface area contributed by atoms with E-state index in [1.807, 2.05) is 25.1 Å². The van der Waals surface area contributed by atoms with E-state index in [0.29, 0.717) is 17.7 Å². The Morgan fingerprint density at radius 1 is 1.07 bits per heavy atom. The quantitative estimate of drug-likeness (QED) is 0.420. The lowest BCUT2D eigenvalue weighted by Gasteiger charge is -2.52. The van der Waals surface area contributed by atoms with Gasteiger partial charge in [0.05, 0.1) is 17.5 Å². The molecule has 0 radical (unpaired) electrons. The normalized spacial score (nSPS) is 32.5. The van der Waals surface area contributed by atoms with Gasteiger partial charge in [0.15, 0.2) is 34.7 Å². The maximum atomic E-state index is 14.1. The number of likely N-dealkylation sites (N-methyl/N-ethyl adjacent to an activating group) is 1. The highest BCUT2D eigenvalue weighted by atomic mass is 16.3. The van der Waals surface area contributed by atoms with E-state index >= 15 is 0 Å². The number of anilines is 1. The molecule has 4 aliphatic rings.